The van der Waals surface area contributed by atoms with Gasteiger partial charge in [0, 0.05) is 55.1 Å². The Bertz CT molecular complexity index is 1010. The van der Waals surface area contributed by atoms with Crippen molar-refractivity contribution in [2.24, 2.45) is 0 Å². The SMILES string of the molecule is C=C(C)C(=O)OCCCO.C=C(C)C(=O)OCCNC(C)(C)C.C=CC(=O)N(C=C(C)C(=O)O)CCCCCCCC.C=CC(=O)O. The molecule has 0 aliphatic heterocycles. The first-order chi connectivity index (χ1) is 21.8. The molecule has 0 saturated heterocycles. The molecule has 12 heteroatoms. The number of amides is 1. The molecule has 47 heavy (non-hydrogen) atoms. The summed E-state index contributed by atoms with van der Waals surface area (Å²) in [6.07, 6.45) is 10.7. The summed E-state index contributed by atoms with van der Waals surface area (Å²) in [6.45, 7) is 28.3. The van der Waals surface area contributed by atoms with E-state index in [4.69, 9.17) is 20.1 Å². The Hall–Kier alpha value is -4.03. The summed E-state index contributed by atoms with van der Waals surface area (Å²) in [6, 6.07) is 0. The topological polar surface area (TPSA) is 180 Å². The highest BCUT2D eigenvalue weighted by Gasteiger charge is 2.10. The lowest BCUT2D eigenvalue weighted by Gasteiger charge is -2.20. The van der Waals surface area contributed by atoms with Crippen LogP contribution in [0.5, 0.6) is 0 Å². The van der Waals surface area contributed by atoms with E-state index < -0.39 is 17.9 Å². The van der Waals surface area contributed by atoms with Crippen molar-refractivity contribution in [2.45, 2.75) is 99.0 Å². The summed E-state index contributed by atoms with van der Waals surface area (Å²) >= 11 is 0. The van der Waals surface area contributed by atoms with E-state index in [0.29, 0.717) is 37.3 Å². The average Bonchev–Trinajstić information content (AvgIpc) is 3.00. The van der Waals surface area contributed by atoms with E-state index in [9.17, 15) is 24.0 Å². The van der Waals surface area contributed by atoms with Crippen molar-refractivity contribution in [2.75, 3.05) is 32.9 Å². The molecule has 0 unspecified atom stereocenters. The smallest absolute Gasteiger partial charge is 0.333 e. The molecule has 0 aromatic rings. The lowest BCUT2D eigenvalue weighted by Crippen LogP contribution is -2.38. The zero-order valence-electron chi connectivity index (χ0n) is 29.7. The van der Waals surface area contributed by atoms with Crippen LogP contribution in [0.3, 0.4) is 0 Å². The lowest BCUT2D eigenvalue weighted by molar-refractivity contribution is -0.139. The minimum atomic E-state index is -1.01. The van der Waals surface area contributed by atoms with Gasteiger partial charge in [0.15, 0.2) is 0 Å². The Labute approximate surface area is 281 Å². The number of carboxylic acid groups (broad SMARTS) is 2. The molecule has 0 atom stereocenters. The highest BCUT2D eigenvalue weighted by Crippen LogP contribution is 2.08. The second-order valence-corrected chi connectivity index (χ2v) is 11.2. The number of esters is 2. The maximum absolute atomic E-state index is 11.6. The number of rotatable bonds is 19. The molecule has 0 saturated carbocycles. The minimum absolute atomic E-state index is 0.0451. The second-order valence-electron chi connectivity index (χ2n) is 11.2. The van der Waals surface area contributed by atoms with Crippen molar-refractivity contribution in [1.29, 1.82) is 0 Å². The van der Waals surface area contributed by atoms with Gasteiger partial charge in [0.25, 0.3) is 0 Å². The molecule has 0 aromatic heterocycles. The molecule has 270 valence electrons. The third kappa shape index (κ3) is 39.9. The number of carbonyl (C=O) groups excluding carboxylic acids is 3. The van der Waals surface area contributed by atoms with Crippen LogP contribution in [0.2, 0.25) is 0 Å². The number of carboxylic acids is 2. The van der Waals surface area contributed by atoms with Crippen molar-refractivity contribution in [1.82, 2.24) is 10.2 Å². The number of aliphatic hydroxyl groups excluding tert-OH is 1. The van der Waals surface area contributed by atoms with Crippen LogP contribution in [0, 0.1) is 0 Å². The Balaban J connectivity index is -0.000000287. The predicted octanol–water partition coefficient (Wildman–Crippen LogP) is 5.59. The highest BCUT2D eigenvalue weighted by molar-refractivity contribution is 5.90. The van der Waals surface area contributed by atoms with Gasteiger partial charge in [-0.15, -0.1) is 0 Å². The Morgan fingerprint density at radius 2 is 1.26 bits per heavy atom. The van der Waals surface area contributed by atoms with Crippen LogP contribution in [0.1, 0.15) is 93.4 Å². The van der Waals surface area contributed by atoms with Crippen LogP contribution in [0.25, 0.3) is 0 Å². The maximum atomic E-state index is 11.6. The molecule has 12 nitrogen and oxygen atoms in total. The van der Waals surface area contributed by atoms with Gasteiger partial charge in [-0.3, -0.25) is 4.79 Å². The minimum Gasteiger partial charge on any atom is -0.478 e. The summed E-state index contributed by atoms with van der Waals surface area (Å²) in [5, 5.41) is 27.9. The van der Waals surface area contributed by atoms with E-state index in [1.165, 1.54) is 43.4 Å². The number of carbonyl (C=O) groups is 5. The van der Waals surface area contributed by atoms with Crippen molar-refractivity contribution in [3.05, 3.63) is 61.4 Å². The van der Waals surface area contributed by atoms with Crippen molar-refractivity contribution >= 4 is 29.8 Å². The standard InChI is InChI=1S/C15H25NO3.C10H19NO2.C7H12O3.C3H4O2/c1-4-6-7-8-9-10-11-16(14(17)5-2)12-13(3)15(18)19;1-8(2)9(12)13-7-6-11-10(3,4)5;1-6(2)7(9)10-5-3-4-8;1-2-3(4)5/h5,12H,2,4,6-11H2,1,3H3,(H,18,19);11H,1,6-7H2,2-5H3;8H,1,3-5H2,2H3;2H,1H2,(H,4,5). The molecule has 0 fully saturated rings. The highest BCUT2D eigenvalue weighted by atomic mass is 16.5. The third-order valence-corrected chi connectivity index (χ3v) is 5.29. The molecule has 0 rings (SSSR count). The van der Waals surface area contributed by atoms with Crippen molar-refractivity contribution in [3.63, 3.8) is 0 Å². The van der Waals surface area contributed by atoms with Gasteiger partial charge in [-0.05, 0) is 54.0 Å². The van der Waals surface area contributed by atoms with E-state index in [1.807, 2.05) is 0 Å². The molecular formula is C35H60N2O10. The number of nitrogens with zero attached hydrogens (tertiary/aromatic N) is 1. The Kier molecular flexibility index (Phi) is 33.9. The van der Waals surface area contributed by atoms with Gasteiger partial charge in [-0.2, -0.15) is 0 Å². The van der Waals surface area contributed by atoms with E-state index in [-0.39, 0.29) is 36.2 Å². The number of hydrogen-bond acceptors (Lipinski definition) is 9. The van der Waals surface area contributed by atoms with Crippen LogP contribution in [-0.4, -0.2) is 88.5 Å². The summed E-state index contributed by atoms with van der Waals surface area (Å²) in [4.78, 5) is 54.6. The fourth-order valence-electron chi connectivity index (χ4n) is 2.75. The molecule has 0 radical (unpaired) electrons. The number of nitrogens with one attached hydrogen (secondary N) is 1. The third-order valence-electron chi connectivity index (χ3n) is 5.29. The van der Waals surface area contributed by atoms with E-state index in [1.54, 1.807) is 13.8 Å². The Morgan fingerprint density at radius 1 is 0.787 bits per heavy atom. The summed E-state index contributed by atoms with van der Waals surface area (Å²) < 4.78 is 9.54. The first-order valence-corrected chi connectivity index (χ1v) is 15.5. The Morgan fingerprint density at radius 3 is 1.64 bits per heavy atom. The number of ether oxygens (including phenoxy) is 2. The van der Waals surface area contributed by atoms with E-state index in [0.717, 1.165) is 25.3 Å². The molecular weight excluding hydrogens is 608 g/mol. The van der Waals surface area contributed by atoms with E-state index in [2.05, 4.69) is 64.1 Å². The number of unbranched alkanes of at least 4 members (excludes halogenated alkanes) is 5. The molecule has 0 heterocycles. The molecule has 0 bridgehead atoms. The van der Waals surface area contributed by atoms with E-state index >= 15 is 0 Å². The maximum Gasteiger partial charge on any atom is 0.333 e. The van der Waals surface area contributed by atoms with Crippen LogP contribution in [0.15, 0.2) is 61.4 Å². The quantitative estimate of drug-likeness (QED) is 0.0766. The van der Waals surface area contributed by atoms with Crippen LogP contribution in [0.4, 0.5) is 0 Å². The predicted molar refractivity (Wildman–Crippen MR) is 186 cm³/mol. The second kappa shape index (κ2) is 31.9. The zero-order valence-corrected chi connectivity index (χ0v) is 29.7. The largest absolute Gasteiger partial charge is 0.478 e. The van der Waals surface area contributed by atoms with Gasteiger partial charge in [-0.1, -0.05) is 65.3 Å². The monoisotopic (exact) mass is 668 g/mol. The first-order valence-electron chi connectivity index (χ1n) is 15.5. The summed E-state index contributed by atoms with van der Waals surface area (Å²) in [5.41, 5.74) is 1.05. The van der Waals surface area contributed by atoms with Crippen LogP contribution < -0.4 is 5.32 Å². The van der Waals surface area contributed by atoms with Gasteiger partial charge in [0.2, 0.25) is 5.91 Å². The van der Waals surface area contributed by atoms with Crippen LogP contribution >= 0.6 is 0 Å². The summed E-state index contributed by atoms with van der Waals surface area (Å²) in [7, 11) is 0. The summed E-state index contributed by atoms with van der Waals surface area (Å²) in [5.74, 6) is -2.96. The van der Waals surface area contributed by atoms with Gasteiger partial charge in [-0.25, -0.2) is 19.2 Å². The number of aliphatic hydroxyl groups is 1. The van der Waals surface area contributed by atoms with Gasteiger partial charge >= 0.3 is 23.9 Å². The molecule has 0 aliphatic rings. The lowest BCUT2D eigenvalue weighted by atomic mass is 10.1. The average molecular weight is 669 g/mol. The first kappa shape index (κ1) is 49.8. The molecule has 0 aliphatic carbocycles. The molecule has 1 amide bonds. The van der Waals surface area contributed by atoms with Crippen LogP contribution in [-0.2, 0) is 33.4 Å². The van der Waals surface area contributed by atoms with Gasteiger partial charge in [0.05, 0.1) is 12.2 Å². The van der Waals surface area contributed by atoms with Gasteiger partial charge < -0.3 is 35.0 Å². The fraction of sp³-hybridized carbons (Fsp3) is 0.571. The fourth-order valence-corrected chi connectivity index (χ4v) is 2.75. The van der Waals surface area contributed by atoms with Crippen molar-refractivity contribution < 1.29 is 48.8 Å². The number of aliphatic carboxylic acids is 2. The van der Waals surface area contributed by atoms with Gasteiger partial charge in [0.1, 0.15) is 6.61 Å². The molecule has 0 aromatic carbocycles. The zero-order chi connectivity index (χ0) is 37.4. The van der Waals surface area contributed by atoms with Crippen molar-refractivity contribution in [3.8, 4) is 0 Å². The molecule has 0 spiro atoms. The number of hydrogen-bond donors (Lipinski definition) is 4. The molecule has 4 N–H and O–H groups in total. The normalized spacial score (nSPS) is 10.2.